The number of rotatable bonds is 8. The minimum atomic E-state index is -0.337. The summed E-state index contributed by atoms with van der Waals surface area (Å²) in [6.45, 7) is 7.06. The highest BCUT2D eigenvalue weighted by atomic mass is 16.2. The van der Waals surface area contributed by atoms with Crippen molar-refractivity contribution in [3.8, 4) is 11.3 Å². The fourth-order valence-corrected chi connectivity index (χ4v) is 3.04. The number of nitrogens with one attached hydrogen (secondary N) is 2. The molecule has 2 aromatic heterocycles. The number of benzene rings is 1. The Kier molecular flexibility index (Phi) is 6.37. The van der Waals surface area contributed by atoms with E-state index >= 15 is 0 Å². The first-order valence-corrected chi connectivity index (χ1v) is 9.58. The normalized spacial score (nSPS) is 11.2. The molecule has 1 amide bonds. The average molecular weight is 378 g/mol. The highest BCUT2D eigenvalue weighted by molar-refractivity contribution is 5.94. The lowest BCUT2D eigenvalue weighted by molar-refractivity contribution is 0.0950. The molecule has 0 bridgehead atoms. The first kappa shape index (κ1) is 19.5. The molecule has 2 N–H and O–H groups in total. The van der Waals surface area contributed by atoms with Crippen LogP contribution in [0, 0.1) is 13.8 Å². The van der Waals surface area contributed by atoms with Crippen molar-refractivity contribution in [3.63, 3.8) is 0 Å². The Bertz CT molecular complexity index is 955. The van der Waals surface area contributed by atoms with E-state index in [-0.39, 0.29) is 5.91 Å². The highest BCUT2D eigenvalue weighted by Gasteiger charge is 2.12. The van der Waals surface area contributed by atoms with Gasteiger partial charge in [0.05, 0.1) is 17.6 Å². The van der Waals surface area contributed by atoms with E-state index in [2.05, 4.69) is 32.7 Å². The number of carbonyl (C=O) groups is 1. The number of aromatic nitrogens is 4. The fraction of sp³-hybridized carbons (Fsp3) is 0.333. The van der Waals surface area contributed by atoms with Gasteiger partial charge < -0.3 is 0 Å². The number of hydrogen-bond acceptors (Lipinski definition) is 4. The van der Waals surface area contributed by atoms with Crippen LogP contribution >= 0.6 is 0 Å². The van der Waals surface area contributed by atoms with Crippen molar-refractivity contribution >= 4 is 12.1 Å². The van der Waals surface area contributed by atoms with Crippen LogP contribution in [0.1, 0.15) is 53.6 Å². The minimum absolute atomic E-state index is 0.337. The van der Waals surface area contributed by atoms with Crippen molar-refractivity contribution in [3.05, 3.63) is 59.0 Å². The molecular weight excluding hydrogens is 352 g/mol. The number of unbranched alkanes of at least 4 members (excludes halogenated alkanes) is 2. The predicted molar refractivity (Wildman–Crippen MR) is 110 cm³/mol. The topological polar surface area (TPSA) is 88.0 Å². The maximum absolute atomic E-state index is 12.3. The van der Waals surface area contributed by atoms with E-state index in [1.807, 2.05) is 48.9 Å². The van der Waals surface area contributed by atoms with Gasteiger partial charge in [-0.1, -0.05) is 50.1 Å². The summed E-state index contributed by atoms with van der Waals surface area (Å²) in [7, 11) is 0. The van der Waals surface area contributed by atoms with Crippen molar-refractivity contribution < 1.29 is 4.79 Å². The summed E-state index contributed by atoms with van der Waals surface area (Å²) < 4.78 is 2.01. The number of aromatic amines is 1. The quantitative estimate of drug-likeness (QED) is 0.355. The predicted octanol–water partition coefficient (Wildman–Crippen LogP) is 3.84. The van der Waals surface area contributed by atoms with Crippen LogP contribution in [0.4, 0.5) is 0 Å². The lowest BCUT2D eigenvalue weighted by Gasteiger charge is -2.03. The number of hydrogen-bond donors (Lipinski definition) is 2. The lowest BCUT2D eigenvalue weighted by atomic mass is 10.1. The van der Waals surface area contributed by atoms with Gasteiger partial charge in [0, 0.05) is 23.4 Å². The number of amides is 1. The van der Waals surface area contributed by atoms with Crippen molar-refractivity contribution in [2.45, 2.75) is 46.6 Å². The smallest absolute Gasteiger partial charge is 0.272 e. The van der Waals surface area contributed by atoms with Crippen LogP contribution in [-0.4, -0.2) is 32.1 Å². The Morgan fingerprint density at radius 1 is 1.25 bits per heavy atom. The molecule has 0 aliphatic heterocycles. The number of hydrazone groups is 1. The van der Waals surface area contributed by atoms with Gasteiger partial charge in [0.15, 0.2) is 0 Å². The molecule has 28 heavy (non-hydrogen) atoms. The van der Waals surface area contributed by atoms with E-state index in [1.54, 1.807) is 12.3 Å². The van der Waals surface area contributed by atoms with E-state index in [1.165, 1.54) is 12.8 Å². The van der Waals surface area contributed by atoms with Crippen LogP contribution in [-0.2, 0) is 6.54 Å². The monoisotopic (exact) mass is 378 g/mol. The second kappa shape index (κ2) is 9.12. The molecule has 2 heterocycles. The van der Waals surface area contributed by atoms with Crippen molar-refractivity contribution in [2.75, 3.05) is 0 Å². The molecule has 0 aliphatic carbocycles. The second-order valence-electron chi connectivity index (χ2n) is 6.75. The molecule has 0 aliphatic rings. The number of aryl methyl sites for hydroxylation is 2. The average Bonchev–Trinajstić information content (AvgIpc) is 3.30. The fourth-order valence-electron chi connectivity index (χ4n) is 3.04. The van der Waals surface area contributed by atoms with Gasteiger partial charge in [-0.05, 0) is 26.3 Å². The van der Waals surface area contributed by atoms with Gasteiger partial charge in [0.1, 0.15) is 5.69 Å². The maximum atomic E-state index is 12.3. The van der Waals surface area contributed by atoms with Crippen LogP contribution < -0.4 is 5.43 Å². The molecule has 7 nitrogen and oxygen atoms in total. The lowest BCUT2D eigenvalue weighted by Crippen LogP contribution is -2.18. The summed E-state index contributed by atoms with van der Waals surface area (Å²) in [5, 5.41) is 15.6. The Hall–Kier alpha value is -3.22. The Morgan fingerprint density at radius 2 is 2.04 bits per heavy atom. The van der Waals surface area contributed by atoms with Crippen LogP contribution in [0.25, 0.3) is 11.3 Å². The van der Waals surface area contributed by atoms with Gasteiger partial charge in [-0.25, -0.2) is 5.43 Å². The third-order valence-electron chi connectivity index (χ3n) is 4.66. The first-order valence-electron chi connectivity index (χ1n) is 9.58. The number of H-pyrrole nitrogens is 1. The molecule has 1 aromatic carbocycles. The van der Waals surface area contributed by atoms with E-state index in [0.29, 0.717) is 5.69 Å². The standard InChI is InChI=1S/C21H26N6O/c1-4-5-9-12-27-16(3)18(15(2)26-27)14-22-25-21(28)20-13-19(23-24-20)17-10-7-6-8-11-17/h6-8,10-11,13-14H,4-5,9,12H2,1-3H3,(H,23,24)(H,25,28)/b22-14-. The Morgan fingerprint density at radius 3 is 2.79 bits per heavy atom. The van der Waals surface area contributed by atoms with Gasteiger partial charge in [-0.3, -0.25) is 14.6 Å². The molecule has 7 heteroatoms. The molecule has 0 unspecified atom stereocenters. The van der Waals surface area contributed by atoms with Crippen LogP contribution in [0.5, 0.6) is 0 Å². The highest BCUT2D eigenvalue weighted by Crippen LogP contribution is 2.17. The molecule has 0 spiro atoms. The number of nitrogens with zero attached hydrogens (tertiary/aromatic N) is 4. The van der Waals surface area contributed by atoms with Crippen molar-refractivity contribution in [2.24, 2.45) is 5.10 Å². The van der Waals surface area contributed by atoms with Crippen LogP contribution in [0.15, 0.2) is 41.5 Å². The minimum Gasteiger partial charge on any atom is -0.272 e. The summed E-state index contributed by atoms with van der Waals surface area (Å²) in [6.07, 6.45) is 5.13. The third-order valence-corrected chi connectivity index (χ3v) is 4.66. The van der Waals surface area contributed by atoms with Gasteiger partial charge in [-0.15, -0.1) is 0 Å². The molecule has 3 rings (SSSR count). The van der Waals surface area contributed by atoms with Crippen LogP contribution in [0.3, 0.4) is 0 Å². The van der Waals surface area contributed by atoms with Gasteiger partial charge in [0.2, 0.25) is 0 Å². The zero-order valence-electron chi connectivity index (χ0n) is 16.6. The SMILES string of the molecule is CCCCCn1nc(C)c(/C=N\NC(=O)c2cc(-c3ccccc3)n[nH]2)c1C. The molecule has 0 saturated heterocycles. The summed E-state index contributed by atoms with van der Waals surface area (Å²) in [6, 6.07) is 11.4. The number of carbonyl (C=O) groups excluding carboxylic acids is 1. The maximum Gasteiger partial charge on any atom is 0.289 e. The van der Waals surface area contributed by atoms with Crippen LogP contribution in [0.2, 0.25) is 0 Å². The zero-order valence-corrected chi connectivity index (χ0v) is 16.6. The van der Waals surface area contributed by atoms with E-state index in [0.717, 1.165) is 41.2 Å². The molecular formula is C21H26N6O. The first-order chi connectivity index (χ1) is 13.6. The molecule has 0 fully saturated rings. The summed E-state index contributed by atoms with van der Waals surface area (Å²) in [4.78, 5) is 12.3. The molecule has 0 saturated carbocycles. The summed E-state index contributed by atoms with van der Waals surface area (Å²) in [5.74, 6) is -0.337. The molecule has 0 radical (unpaired) electrons. The van der Waals surface area contributed by atoms with Gasteiger partial charge in [0.25, 0.3) is 5.91 Å². The van der Waals surface area contributed by atoms with E-state index in [9.17, 15) is 4.79 Å². The molecule has 146 valence electrons. The zero-order chi connectivity index (χ0) is 19.9. The van der Waals surface area contributed by atoms with Gasteiger partial charge in [-0.2, -0.15) is 15.3 Å². The largest absolute Gasteiger partial charge is 0.289 e. The van der Waals surface area contributed by atoms with E-state index < -0.39 is 0 Å². The van der Waals surface area contributed by atoms with Crippen molar-refractivity contribution in [1.82, 2.24) is 25.4 Å². The molecule has 3 aromatic rings. The Labute approximate surface area is 164 Å². The summed E-state index contributed by atoms with van der Waals surface area (Å²) >= 11 is 0. The van der Waals surface area contributed by atoms with Crippen molar-refractivity contribution in [1.29, 1.82) is 0 Å². The molecule has 0 atom stereocenters. The second-order valence-corrected chi connectivity index (χ2v) is 6.75. The summed E-state index contributed by atoms with van der Waals surface area (Å²) in [5.41, 5.74) is 7.47. The van der Waals surface area contributed by atoms with Gasteiger partial charge >= 0.3 is 0 Å². The van der Waals surface area contributed by atoms with E-state index in [4.69, 9.17) is 0 Å². The Balaban J connectivity index is 1.63. The third kappa shape index (κ3) is 4.54.